The van der Waals surface area contributed by atoms with Crippen LogP contribution in [0.25, 0.3) is 0 Å². The van der Waals surface area contributed by atoms with Gasteiger partial charge in [0, 0.05) is 16.5 Å². The summed E-state index contributed by atoms with van der Waals surface area (Å²) < 4.78 is 13.9. The van der Waals surface area contributed by atoms with Crippen molar-refractivity contribution in [1.29, 1.82) is 0 Å². The molecule has 2 aromatic rings. The molecular formula is C14H13ClFNS. The monoisotopic (exact) mass is 281 g/mol. The number of benzene rings is 2. The molecule has 0 heterocycles. The Kier molecular flexibility index (Phi) is 4.64. The first-order chi connectivity index (χ1) is 8.70. The number of hydrogen-bond acceptors (Lipinski definition) is 2. The first kappa shape index (κ1) is 13.4. The SMILES string of the molecule is CNCc1cccc(F)c1Sc1ccc(Cl)cc1. The second-order valence-electron chi connectivity index (χ2n) is 3.81. The van der Waals surface area contributed by atoms with Crippen molar-refractivity contribution in [3.05, 3.63) is 58.9 Å². The van der Waals surface area contributed by atoms with E-state index in [1.54, 1.807) is 6.07 Å². The molecule has 0 aliphatic rings. The van der Waals surface area contributed by atoms with Gasteiger partial charge in [0.25, 0.3) is 0 Å². The zero-order chi connectivity index (χ0) is 13.0. The molecule has 1 N–H and O–H groups in total. The van der Waals surface area contributed by atoms with E-state index in [0.29, 0.717) is 16.5 Å². The van der Waals surface area contributed by atoms with Crippen molar-refractivity contribution in [2.75, 3.05) is 7.05 Å². The average Bonchev–Trinajstić information content (AvgIpc) is 2.36. The van der Waals surface area contributed by atoms with Gasteiger partial charge in [-0.1, -0.05) is 35.5 Å². The quantitative estimate of drug-likeness (QED) is 0.894. The van der Waals surface area contributed by atoms with Gasteiger partial charge in [-0.3, -0.25) is 0 Å². The zero-order valence-corrected chi connectivity index (χ0v) is 11.5. The summed E-state index contributed by atoms with van der Waals surface area (Å²) in [7, 11) is 1.85. The zero-order valence-electron chi connectivity index (χ0n) is 9.91. The number of rotatable bonds is 4. The largest absolute Gasteiger partial charge is 0.316 e. The highest BCUT2D eigenvalue weighted by Crippen LogP contribution is 2.33. The predicted octanol–water partition coefficient (Wildman–Crippen LogP) is 4.35. The topological polar surface area (TPSA) is 12.0 Å². The lowest BCUT2D eigenvalue weighted by Gasteiger charge is -2.10. The average molecular weight is 282 g/mol. The van der Waals surface area contributed by atoms with Crippen molar-refractivity contribution in [3.63, 3.8) is 0 Å². The molecule has 0 saturated carbocycles. The van der Waals surface area contributed by atoms with Gasteiger partial charge in [0.15, 0.2) is 0 Å². The van der Waals surface area contributed by atoms with Crippen LogP contribution >= 0.6 is 23.4 Å². The molecule has 0 aliphatic heterocycles. The van der Waals surface area contributed by atoms with Crippen molar-refractivity contribution >= 4 is 23.4 Å². The van der Waals surface area contributed by atoms with Gasteiger partial charge in [0.05, 0.1) is 4.90 Å². The second-order valence-corrected chi connectivity index (χ2v) is 5.33. The van der Waals surface area contributed by atoms with Crippen LogP contribution < -0.4 is 5.32 Å². The molecule has 94 valence electrons. The minimum atomic E-state index is -0.192. The van der Waals surface area contributed by atoms with Crippen LogP contribution in [0.2, 0.25) is 5.02 Å². The normalized spacial score (nSPS) is 10.6. The maximum Gasteiger partial charge on any atom is 0.137 e. The Morgan fingerprint density at radius 1 is 1.17 bits per heavy atom. The first-order valence-corrected chi connectivity index (χ1v) is 6.75. The highest BCUT2D eigenvalue weighted by molar-refractivity contribution is 7.99. The molecule has 0 radical (unpaired) electrons. The fraction of sp³-hybridized carbons (Fsp3) is 0.143. The lowest BCUT2D eigenvalue weighted by Crippen LogP contribution is -2.06. The van der Waals surface area contributed by atoms with Gasteiger partial charge in [-0.05, 0) is 42.9 Å². The van der Waals surface area contributed by atoms with E-state index in [4.69, 9.17) is 11.6 Å². The van der Waals surface area contributed by atoms with Gasteiger partial charge in [-0.25, -0.2) is 4.39 Å². The minimum Gasteiger partial charge on any atom is -0.316 e. The Morgan fingerprint density at radius 2 is 1.89 bits per heavy atom. The van der Waals surface area contributed by atoms with E-state index in [9.17, 15) is 4.39 Å². The lowest BCUT2D eigenvalue weighted by molar-refractivity contribution is 0.594. The summed E-state index contributed by atoms with van der Waals surface area (Å²) in [5.74, 6) is -0.192. The molecule has 1 nitrogen and oxygen atoms in total. The molecule has 2 aromatic carbocycles. The molecule has 0 saturated heterocycles. The summed E-state index contributed by atoms with van der Waals surface area (Å²) in [5.41, 5.74) is 0.956. The molecular weight excluding hydrogens is 269 g/mol. The maximum atomic E-state index is 13.9. The first-order valence-electron chi connectivity index (χ1n) is 5.56. The number of nitrogens with one attached hydrogen (secondary N) is 1. The molecule has 0 bridgehead atoms. The highest BCUT2D eigenvalue weighted by Gasteiger charge is 2.09. The highest BCUT2D eigenvalue weighted by atomic mass is 35.5. The standard InChI is InChI=1S/C14H13ClFNS/c1-17-9-10-3-2-4-13(16)14(10)18-12-7-5-11(15)6-8-12/h2-8,17H,9H2,1H3. The summed E-state index contributed by atoms with van der Waals surface area (Å²) >= 11 is 7.25. The van der Waals surface area contributed by atoms with Crippen LogP contribution in [0.4, 0.5) is 4.39 Å². The third-order valence-corrected chi connectivity index (χ3v) is 3.87. The van der Waals surface area contributed by atoms with Crippen molar-refractivity contribution in [1.82, 2.24) is 5.32 Å². The molecule has 18 heavy (non-hydrogen) atoms. The van der Waals surface area contributed by atoms with Crippen LogP contribution in [0, 0.1) is 5.82 Å². The number of halogens is 2. The Hall–Kier alpha value is -1.03. The minimum absolute atomic E-state index is 0.192. The van der Waals surface area contributed by atoms with Crippen LogP contribution in [-0.4, -0.2) is 7.05 Å². The molecule has 2 rings (SSSR count). The van der Waals surface area contributed by atoms with E-state index >= 15 is 0 Å². The molecule has 4 heteroatoms. The summed E-state index contributed by atoms with van der Waals surface area (Å²) in [6.07, 6.45) is 0. The van der Waals surface area contributed by atoms with Gasteiger partial charge in [-0.15, -0.1) is 0 Å². The van der Waals surface area contributed by atoms with Gasteiger partial charge in [-0.2, -0.15) is 0 Å². The Labute approximate surface area is 115 Å². The van der Waals surface area contributed by atoms with E-state index in [0.717, 1.165) is 10.5 Å². The Morgan fingerprint density at radius 3 is 2.56 bits per heavy atom. The van der Waals surface area contributed by atoms with E-state index < -0.39 is 0 Å². The van der Waals surface area contributed by atoms with E-state index in [1.807, 2.05) is 37.4 Å². The fourth-order valence-electron chi connectivity index (χ4n) is 1.62. The summed E-state index contributed by atoms with van der Waals surface area (Å²) in [4.78, 5) is 1.64. The molecule has 0 fully saturated rings. The summed E-state index contributed by atoms with van der Waals surface area (Å²) in [6.45, 7) is 0.647. The predicted molar refractivity (Wildman–Crippen MR) is 74.7 cm³/mol. The molecule has 0 spiro atoms. The van der Waals surface area contributed by atoms with Crippen molar-refractivity contribution < 1.29 is 4.39 Å². The van der Waals surface area contributed by atoms with Crippen LogP contribution in [-0.2, 0) is 6.54 Å². The number of hydrogen-bond donors (Lipinski definition) is 1. The molecule has 0 atom stereocenters. The van der Waals surface area contributed by atoms with Crippen LogP contribution in [0.3, 0.4) is 0 Å². The van der Waals surface area contributed by atoms with Gasteiger partial charge < -0.3 is 5.32 Å². The van der Waals surface area contributed by atoms with Crippen molar-refractivity contribution in [2.45, 2.75) is 16.3 Å². The molecule has 0 aromatic heterocycles. The van der Waals surface area contributed by atoms with Crippen LogP contribution in [0.15, 0.2) is 52.3 Å². The lowest BCUT2D eigenvalue weighted by atomic mass is 10.2. The van der Waals surface area contributed by atoms with E-state index in [2.05, 4.69) is 5.32 Å². The van der Waals surface area contributed by atoms with E-state index in [1.165, 1.54) is 17.8 Å². The molecule has 0 unspecified atom stereocenters. The maximum absolute atomic E-state index is 13.9. The van der Waals surface area contributed by atoms with Crippen molar-refractivity contribution in [3.8, 4) is 0 Å². The van der Waals surface area contributed by atoms with Gasteiger partial charge in [0.2, 0.25) is 0 Å². The third kappa shape index (κ3) is 3.25. The Balaban J connectivity index is 2.30. The molecule has 0 amide bonds. The van der Waals surface area contributed by atoms with E-state index in [-0.39, 0.29) is 5.82 Å². The smallest absolute Gasteiger partial charge is 0.137 e. The fourth-order valence-corrected chi connectivity index (χ4v) is 2.69. The summed E-state index contributed by atoms with van der Waals surface area (Å²) in [6, 6.07) is 12.5. The summed E-state index contributed by atoms with van der Waals surface area (Å²) in [5, 5.41) is 3.73. The molecule has 0 aliphatic carbocycles. The van der Waals surface area contributed by atoms with Gasteiger partial charge >= 0.3 is 0 Å². The van der Waals surface area contributed by atoms with Gasteiger partial charge in [0.1, 0.15) is 5.82 Å². The van der Waals surface area contributed by atoms with Crippen LogP contribution in [0.5, 0.6) is 0 Å². The second kappa shape index (κ2) is 6.23. The third-order valence-electron chi connectivity index (χ3n) is 2.45. The van der Waals surface area contributed by atoms with Crippen LogP contribution in [0.1, 0.15) is 5.56 Å². The van der Waals surface area contributed by atoms with Crippen molar-refractivity contribution in [2.24, 2.45) is 0 Å². The Bertz CT molecular complexity index is 528.